The Morgan fingerprint density at radius 3 is 2.57 bits per heavy atom. The van der Waals surface area contributed by atoms with Gasteiger partial charge in [0.25, 0.3) is 0 Å². The molecule has 0 bridgehead atoms. The van der Waals surface area contributed by atoms with Crippen molar-refractivity contribution in [3.05, 3.63) is 48.0 Å². The molecule has 0 spiro atoms. The molecule has 1 aromatic rings. The lowest BCUT2D eigenvalue weighted by atomic mass is 10.0. The number of ether oxygens (including phenoxy) is 2. The predicted octanol–water partition coefficient (Wildman–Crippen LogP) is 3.40. The third-order valence-electron chi connectivity index (χ3n) is 4.95. The Morgan fingerprint density at radius 2 is 1.90 bits per heavy atom. The predicted molar refractivity (Wildman–Crippen MR) is 115 cm³/mol. The normalized spacial score (nSPS) is 21.6. The van der Waals surface area contributed by atoms with Gasteiger partial charge in [0.1, 0.15) is 11.8 Å². The number of carbonyl (C=O) groups excluding carboxylic acids is 2. The second-order valence-corrected chi connectivity index (χ2v) is 8.50. The number of nitrogens with zero attached hydrogens (tertiary/aromatic N) is 3. The maximum atomic E-state index is 12.9. The number of esters is 1. The Kier molecular flexibility index (Phi) is 6.92. The topological polar surface area (TPSA) is 71.4 Å². The van der Waals surface area contributed by atoms with Gasteiger partial charge >= 0.3 is 12.1 Å². The molecule has 3 rings (SSSR count). The number of hydrogen-bond acceptors (Lipinski definition) is 6. The number of piperazine rings is 1. The van der Waals surface area contributed by atoms with Crippen LogP contribution in [-0.2, 0) is 20.8 Å². The van der Waals surface area contributed by atoms with Gasteiger partial charge in [-0.05, 0) is 39.3 Å². The van der Waals surface area contributed by atoms with Crippen LogP contribution in [0.5, 0.6) is 0 Å². The van der Waals surface area contributed by atoms with E-state index in [4.69, 9.17) is 14.5 Å². The lowest BCUT2D eigenvalue weighted by molar-refractivity contribution is -0.141. The molecule has 2 aliphatic heterocycles. The van der Waals surface area contributed by atoms with E-state index in [1.165, 1.54) is 5.56 Å². The summed E-state index contributed by atoms with van der Waals surface area (Å²) < 4.78 is 10.7. The van der Waals surface area contributed by atoms with Crippen LogP contribution in [0.15, 0.2) is 47.5 Å². The fourth-order valence-electron chi connectivity index (χ4n) is 3.67. The van der Waals surface area contributed by atoms with Crippen molar-refractivity contribution in [2.75, 3.05) is 19.7 Å². The largest absolute Gasteiger partial charge is 0.466 e. The van der Waals surface area contributed by atoms with Gasteiger partial charge in [0.05, 0.1) is 19.1 Å². The molecule has 0 radical (unpaired) electrons. The molecule has 30 heavy (non-hydrogen) atoms. The number of rotatable bonds is 5. The summed E-state index contributed by atoms with van der Waals surface area (Å²) in [5, 5.41) is 0. The van der Waals surface area contributed by atoms with Crippen LogP contribution >= 0.6 is 0 Å². The average molecular weight is 414 g/mol. The number of aliphatic imine (C=N–C) groups is 1. The van der Waals surface area contributed by atoms with Gasteiger partial charge in [0.2, 0.25) is 0 Å². The molecular weight excluding hydrogens is 382 g/mol. The second kappa shape index (κ2) is 9.43. The molecule has 0 saturated carbocycles. The average Bonchev–Trinajstić information content (AvgIpc) is 2.67. The van der Waals surface area contributed by atoms with Crippen molar-refractivity contribution >= 4 is 17.8 Å². The molecule has 0 unspecified atom stereocenters. The van der Waals surface area contributed by atoms with E-state index < -0.39 is 11.8 Å². The zero-order valence-electron chi connectivity index (χ0n) is 18.2. The molecule has 1 fully saturated rings. The van der Waals surface area contributed by atoms with Crippen molar-refractivity contribution in [2.24, 2.45) is 4.99 Å². The summed E-state index contributed by atoms with van der Waals surface area (Å²) >= 11 is 0. The summed E-state index contributed by atoms with van der Waals surface area (Å²) in [4.78, 5) is 33.5. The van der Waals surface area contributed by atoms with Crippen molar-refractivity contribution in [1.82, 2.24) is 9.80 Å². The first kappa shape index (κ1) is 22.0. The van der Waals surface area contributed by atoms with E-state index in [2.05, 4.69) is 17.0 Å². The summed E-state index contributed by atoms with van der Waals surface area (Å²) in [6.45, 7) is 9.64. The minimum Gasteiger partial charge on any atom is -0.466 e. The number of amides is 1. The first-order valence-corrected chi connectivity index (χ1v) is 10.4. The molecule has 2 heterocycles. The standard InChI is InChI=1S/C23H31N3O4/c1-5-29-20(27)15-18-11-12-19-21(24-18)26(22(28)30-23(2,3)4)14-13-25(19)16-17-9-7-6-8-10-17/h6-12,19,21H,5,13-16H2,1-4H3/t19-,21+/m1/s1. The lowest BCUT2D eigenvalue weighted by Crippen LogP contribution is -2.61. The zero-order chi connectivity index (χ0) is 21.7. The molecule has 2 atom stereocenters. The number of dihydropyridines is 1. The van der Waals surface area contributed by atoms with E-state index in [1.807, 2.05) is 51.1 Å². The summed E-state index contributed by atoms with van der Waals surface area (Å²) in [5.74, 6) is -0.319. The number of benzene rings is 1. The Labute approximate surface area is 178 Å². The SMILES string of the molecule is CCOC(=O)CC1=N[C@@H]2[C@@H](C=C1)N(Cc1ccccc1)CCN2C(=O)OC(C)(C)C. The van der Waals surface area contributed by atoms with Gasteiger partial charge in [0.15, 0.2) is 0 Å². The molecule has 162 valence electrons. The monoisotopic (exact) mass is 413 g/mol. The Morgan fingerprint density at radius 1 is 1.17 bits per heavy atom. The van der Waals surface area contributed by atoms with Crippen LogP contribution in [0, 0.1) is 0 Å². The van der Waals surface area contributed by atoms with Crippen molar-refractivity contribution < 1.29 is 19.1 Å². The van der Waals surface area contributed by atoms with Gasteiger partial charge in [-0.2, -0.15) is 0 Å². The second-order valence-electron chi connectivity index (χ2n) is 8.50. The van der Waals surface area contributed by atoms with E-state index in [0.29, 0.717) is 25.4 Å². The highest BCUT2D eigenvalue weighted by Crippen LogP contribution is 2.27. The molecular formula is C23H31N3O4. The Balaban J connectivity index is 1.82. The van der Waals surface area contributed by atoms with Crippen LogP contribution in [0.2, 0.25) is 0 Å². The van der Waals surface area contributed by atoms with Gasteiger partial charge in [-0.15, -0.1) is 0 Å². The van der Waals surface area contributed by atoms with Crippen LogP contribution in [0.4, 0.5) is 4.79 Å². The minimum absolute atomic E-state index is 0.0857. The van der Waals surface area contributed by atoms with Crippen LogP contribution in [0.3, 0.4) is 0 Å². The number of fused-ring (bicyclic) bond motifs is 1. The van der Waals surface area contributed by atoms with Gasteiger partial charge in [-0.1, -0.05) is 36.4 Å². The zero-order valence-corrected chi connectivity index (χ0v) is 18.2. The van der Waals surface area contributed by atoms with Crippen molar-refractivity contribution in [2.45, 2.75) is 58.5 Å². The molecule has 7 heteroatoms. The van der Waals surface area contributed by atoms with Gasteiger partial charge in [0, 0.05) is 25.3 Å². The van der Waals surface area contributed by atoms with E-state index in [9.17, 15) is 9.59 Å². The highest BCUT2D eigenvalue weighted by Gasteiger charge is 2.40. The summed E-state index contributed by atoms with van der Waals surface area (Å²) in [7, 11) is 0. The summed E-state index contributed by atoms with van der Waals surface area (Å²) in [5.41, 5.74) is 1.23. The smallest absolute Gasteiger partial charge is 0.412 e. The van der Waals surface area contributed by atoms with Gasteiger partial charge in [-0.25, -0.2) is 4.79 Å². The van der Waals surface area contributed by atoms with Crippen LogP contribution < -0.4 is 0 Å². The van der Waals surface area contributed by atoms with E-state index in [1.54, 1.807) is 11.8 Å². The van der Waals surface area contributed by atoms with Crippen LogP contribution in [-0.4, -0.2) is 65.1 Å². The molecule has 1 aromatic carbocycles. The molecule has 0 N–H and O–H groups in total. The third-order valence-corrected chi connectivity index (χ3v) is 4.95. The van der Waals surface area contributed by atoms with Crippen molar-refractivity contribution in [3.8, 4) is 0 Å². The van der Waals surface area contributed by atoms with Gasteiger partial charge < -0.3 is 9.47 Å². The molecule has 1 amide bonds. The third kappa shape index (κ3) is 5.69. The minimum atomic E-state index is -0.588. The number of allylic oxidation sites excluding steroid dienone is 1. The van der Waals surface area contributed by atoms with Gasteiger partial charge in [-0.3, -0.25) is 19.6 Å². The molecule has 7 nitrogen and oxygen atoms in total. The van der Waals surface area contributed by atoms with E-state index in [0.717, 1.165) is 6.54 Å². The Hall–Kier alpha value is -2.67. The van der Waals surface area contributed by atoms with E-state index in [-0.39, 0.29) is 24.5 Å². The first-order chi connectivity index (χ1) is 14.3. The molecule has 0 aliphatic carbocycles. The number of carbonyl (C=O) groups is 2. The van der Waals surface area contributed by atoms with Crippen molar-refractivity contribution in [3.63, 3.8) is 0 Å². The molecule has 0 aromatic heterocycles. The Bertz CT molecular complexity index is 813. The first-order valence-electron chi connectivity index (χ1n) is 10.4. The highest BCUT2D eigenvalue weighted by molar-refractivity contribution is 6.06. The molecule has 2 aliphatic rings. The quantitative estimate of drug-likeness (QED) is 0.692. The van der Waals surface area contributed by atoms with Crippen LogP contribution in [0.1, 0.15) is 39.7 Å². The molecule has 1 saturated heterocycles. The summed E-state index contributed by atoms with van der Waals surface area (Å²) in [6.07, 6.45) is 3.17. The van der Waals surface area contributed by atoms with Crippen molar-refractivity contribution in [1.29, 1.82) is 0 Å². The highest BCUT2D eigenvalue weighted by atomic mass is 16.6. The van der Waals surface area contributed by atoms with E-state index >= 15 is 0 Å². The number of hydrogen-bond donors (Lipinski definition) is 0. The fourth-order valence-corrected chi connectivity index (χ4v) is 3.67. The summed E-state index contributed by atoms with van der Waals surface area (Å²) in [6, 6.07) is 10.2. The maximum absolute atomic E-state index is 12.9. The lowest BCUT2D eigenvalue weighted by Gasteiger charge is -2.46. The maximum Gasteiger partial charge on any atom is 0.412 e. The fraction of sp³-hybridized carbons (Fsp3) is 0.522. The van der Waals surface area contributed by atoms with Crippen LogP contribution in [0.25, 0.3) is 0 Å².